The lowest BCUT2D eigenvalue weighted by Crippen LogP contribution is -2.23. The summed E-state index contributed by atoms with van der Waals surface area (Å²) in [5, 5.41) is 10.3. The van der Waals surface area contributed by atoms with E-state index in [2.05, 4.69) is 52.6 Å². The van der Waals surface area contributed by atoms with Crippen molar-refractivity contribution in [1.82, 2.24) is 20.1 Å². The van der Waals surface area contributed by atoms with Crippen molar-refractivity contribution >= 4 is 72.6 Å². The van der Waals surface area contributed by atoms with Crippen LogP contribution in [0.15, 0.2) is 39.5 Å². The van der Waals surface area contributed by atoms with Crippen LogP contribution in [0.4, 0.5) is 5.69 Å². The smallest absolute Gasteiger partial charge is 0.274 e. The highest BCUT2D eigenvalue weighted by molar-refractivity contribution is 9.10. The molecule has 2 heterocycles. The zero-order chi connectivity index (χ0) is 21.3. The molecule has 0 bridgehead atoms. The SMILES string of the molecule is CNC(=O)c1cc(Cl)cc(C)c1NC(=O)c1cc(Br)nn1-c1ncc(Br)cc1Cl. The largest absolute Gasteiger partial charge is 0.355 e. The van der Waals surface area contributed by atoms with E-state index in [9.17, 15) is 9.59 Å². The number of amides is 2. The van der Waals surface area contributed by atoms with Gasteiger partial charge in [0.15, 0.2) is 5.82 Å². The summed E-state index contributed by atoms with van der Waals surface area (Å²) < 4.78 is 2.43. The third kappa shape index (κ3) is 4.63. The predicted octanol–water partition coefficient (Wildman–Crippen LogP) is 5.02. The van der Waals surface area contributed by atoms with Gasteiger partial charge in [-0.05, 0) is 62.5 Å². The lowest BCUT2D eigenvalue weighted by molar-refractivity contribution is 0.0964. The van der Waals surface area contributed by atoms with Gasteiger partial charge in [-0.1, -0.05) is 23.2 Å². The third-order valence-electron chi connectivity index (χ3n) is 3.91. The van der Waals surface area contributed by atoms with E-state index >= 15 is 0 Å². The molecule has 0 radical (unpaired) electrons. The standard InChI is InChI=1S/C18H13Br2Cl2N5O2/c1-8-3-10(21)5-11(17(28)23-2)15(8)25-18(29)13-6-14(20)26-27(13)16-12(22)4-9(19)7-24-16/h3-7H,1-2H3,(H,23,28)(H,25,29). The number of hydrogen-bond donors (Lipinski definition) is 2. The first kappa shape index (κ1) is 21.8. The minimum absolute atomic E-state index is 0.172. The quantitative estimate of drug-likeness (QED) is 0.468. The lowest BCUT2D eigenvalue weighted by Gasteiger charge is -2.14. The van der Waals surface area contributed by atoms with Crippen molar-refractivity contribution in [3.05, 3.63) is 66.4 Å². The minimum atomic E-state index is -0.500. The Morgan fingerprint density at radius 1 is 1.10 bits per heavy atom. The third-order valence-corrected chi connectivity index (χ3v) is 5.23. The monoisotopic (exact) mass is 559 g/mol. The molecule has 2 aromatic heterocycles. The number of carbonyl (C=O) groups excluding carboxylic acids is 2. The van der Waals surface area contributed by atoms with Gasteiger partial charge in [0.2, 0.25) is 0 Å². The van der Waals surface area contributed by atoms with Crippen LogP contribution in [0.1, 0.15) is 26.4 Å². The number of benzene rings is 1. The average molecular weight is 562 g/mol. The molecule has 3 aromatic rings. The van der Waals surface area contributed by atoms with Crippen molar-refractivity contribution in [3.63, 3.8) is 0 Å². The van der Waals surface area contributed by atoms with Gasteiger partial charge in [-0.25, -0.2) is 9.67 Å². The number of rotatable bonds is 4. The maximum Gasteiger partial charge on any atom is 0.274 e. The van der Waals surface area contributed by atoms with Gasteiger partial charge in [-0.3, -0.25) is 9.59 Å². The van der Waals surface area contributed by atoms with Crippen LogP contribution in [-0.2, 0) is 0 Å². The highest BCUT2D eigenvalue weighted by Gasteiger charge is 2.22. The van der Waals surface area contributed by atoms with Crippen LogP contribution < -0.4 is 10.6 Å². The summed E-state index contributed by atoms with van der Waals surface area (Å²) in [5.74, 6) is -0.595. The Balaban J connectivity index is 2.05. The molecular formula is C18H13Br2Cl2N5O2. The van der Waals surface area contributed by atoms with Crippen molar-refractivity contribution in [2.24, 2.45) is 0 Å². The van der Waals surface area contributed by atoms with E-state index in [-0.39, 0.29) is 23.0 Å². The Labute approximate surface area is 193 Å². The van der Waals surface area contributed by atoms with Gasteiger partial charge < -0.3 is 10.6 Å². The molecular weight excluding hydrogens is 549 g/mol. The van der Waals surface area contributed by atoms with Crippen molar-refractivity contribution < 1.29 is 9.59 Å². The van der Waals surface area contributed by atoms with E-state index in [4.69, 9.17) is 23.2 Å². The van der Waals surface area contributed by atoms with E-state index in [1.807, 2.05) is 0 Å². The first-order valence-electron chi connectivity index (χ1n) is 8.11. The van der Waals surface area contributed by atoms with E-state index in [1.54, 1.807) is 25.3 Å². The molecule has 0 saturated carbocycles. The Hall–Kier alpha value is -1.94. The molecule has 0 spiro atoms. The van der Waals surface area contributed by atoms with E-state index < -0.39 is 5.91 Å². The molecule has 0 aliphatic carbocycles. The fourth-order valence-electron chi connectivity index (χ4n) is 2.64. The van der Waals surface area contributed by atoms with Crippen LogP contribution in [0, 0.1) is 6.92 Å². The average Bonchev–Trinajstić information content (AvgIpc) is 3.04. The van der Waals surface area contributed by atoms with Crippen LogP contribution in [-0.4, -0.2) is 33.6 Å². The fraction of sp³-hybridized carbons (Fsp3) is 0.111. The van der Waals surface area contributed by atoms with Gasteiger partial charge in [0, 0.05) is 28.8 Å². The Morgan fingerprint density at radius 3 is 2.48 bits per heavy atom. The minimum Gasteiger partial charge on any atom is -0.355 e. The molecule has 0 unspecified atom stereocenters. The molecule has 0 fully saturated rings. The van der Waals surface area contributed by atoms with E-state index in [0.717, 1.165) is 0 Å². The summed E-state index contributed by atoms with van der Waals surface area (Å²) in [6.07, 6.45) is 1.55. The molecule has 7 nitrogen and oxygen atoms in total. The predicted molar refractivity (Wildman–Crippen MR) is 119 cm³/mol. The van der Waals surface area contributed by atoms with Gasteiger partial charge in [0.25, 0.3) is 11.8 Å². The molecule has 0 atom stereocenters. The Morgan fingerprint density at radius 2 is 1.83 bits per heavy atom. The number of aryl methyl sites for hydroxylation is 1. The molecule has 3 rings (SSSR count). The number of pyridine rings is 1. The van der Waals surface area contributed by atoms with Crippen molar-refractivity contribution in [3.8, 4) is 5.82 Å². The van der Waals surface area contributed by atoms with Gasteiger partial charge >= 0.3 is 0 Å². The lowest BCUT2D eigenvalue weighted by atomic mass is 10.1. The molecule has 2 N–H and O–H groups in total. The Bertz CT molecular complexity index is 1130. The normalized spacial score (nSPS) is 10.7. The van der Waals surface area contributed by atoms with Gasteiger partial charge in [-0.2, -0.15) is 5.10 Å². The van der Waals surface area contributed by atoms with Crippen LogP contribution in [0.2, 0.25) is 10.0 Å². The van der Waals surface area contributed by atoms with Crippen molar-refractivity contribution in [2.45, 2.75) is 6.92 Å². The molecule has 11 heteroatoms. The molecule has 2 amide bonds. The second-order valence-electron chi connectivity index (χ2n) is 5.90. The van der Waals surface area contributed by atoms with Crippen molar-refractivity contribution in [1.29, 1.82) is 0 Å². The maximum absolute atomic E-state index is 13.1. The first-order valence-corrected chi connectivity index (χ1v) is 10.5. The topological polar surface area (TPSA) is 88.9 Å². The summed E-state index contributed by atoms with van der Waals surface area (Å²) >= 11 is 18.9. The zero-order valence-corrected chi connectivity index (χ0v) is 19.7. The zero-order valence-electron chi connectivity index (χ0n) is 15.1. The Kier molecular flexibility index (Phi) is 6.62. The molecule has 150 valence electrons. The molecule has 0 saturated heterocycles. The van der Waals surface area contributed by atoms with Gasteiger partial charge in [0.05, 0.1) is 16.3 Å². The van der Waals surface area contributed by atoms with E-state index in [1.165, 1.54) is 23.9 Å². The van der Waals surface area contributed by atoms with Gasteiger partial charge in [0.1, 0.15) is 10.3 Å². The number of nitrogens with zero attached hydrogens (tertiary/aromatic N) is 3. The van der Waals surface area contributed by atoms with Crippen LogP contribution in [0.5, 0.6) is 0 Å². The van der Waals surface area contributed by atoms with Crippen molar-refractivity contribution in [2.75, 3.05) is 12.4 Å². The molecule has 1 aromatic carbocycles. The fourth-order valence-corrected chi connectivity index (χ4v) is 4.00. The number of hydrogen-bond acceptors (Lipinski definition) is 4. The summed E-state index contributed by atoms with van der Waals surface area (Å²) in [4.78, 5) is 29.5. The van der Waals surface area contributed by atoms with E-state index in [0.29, 0.717) is 30.4 Å². The second kappa shape index (κ2) is 8.83. The highest BCUT2D eigenvalue weighted by atomic mass is 79.9. The molecule has 0 aliphatic heterocycles. The number of nitrogens with one attached hydrogen (secondary N) is 2. The summed E-state index contributed by atoms with van der Waals surface area (Å²) in [6, 6.07) is 6.32. The number of carbonyl (C=O) groups is 2. The summed E-state index contributed by atoms with van der Waals surface area (Å²) in [5.41, 5.74) is 1.40. The summed E-state index contributed by atoms with van der Waals surface area (Å²) in [6.45, 7) is 1.74. The molecule has 0 aliphatic rings. The highest BCUT2D eigenvalue weighted by Crippen LogP contribution is 2.28. The molecule has 29 heavy (non-hydrogen) atoms. The second-order valence-corrected chi connectivity index (χ2v) is 8.47. The number of halogens is 4. The first-order chi connectivity index (χ1) is 13.7. The van der Waals surface area contributed by atoms with Crippen LogP contribution in [0.25, 0.3) is 5.82 Å². The van der Waals surface area contributed by atoms with Crippen LogP contribution >= 0.6 is 55.1 Å². The number of aromatic nitrogens is 3. The number of anilines is 1. The maximum atomic E-state index is 13.1. The summed E-state index contributed by atoms with van der Waals surface area (Å²) in [7, 11) is 1.50. The van der Waals surface area contributed by atoms with Crippen LogP contribution in [0.3, 0.4) is 0 Å². The van der Waals surface area contributed by atoms with Gasteiger partial charge in [-0.15, -0.1) is 0 Å².